The third kappa shape index (κ3) is 3.42. The van der Waals surface area contributed by atoms with E-state index < -0.39 is 5.60 Å². The lowest BCUT2D eigenvalue weighted by atomic mass is 9.96. The fraction of sp³-hybridized carbons (Fsp3) is 0.500. The van der Waals surface area contributed by atoms with E-state index in [0.717, 1.165) is 34.6 Å². The Morgan fingerprint density at radius 1 is 1.32 bits per heavy atom. The highest BCUT2D eigenvalue weighted by Gasteiger charge is 2.41. The first-order valence-electron chi connectivity index (χ1n) is 10.5. The van der Waals surface area contributed by atoms with E-state index in [4.69, 9.17) is 34.4 Å². The summed E-state index contributed by atoms with van der Waals surface area (Å²) < 4.78 is 22.5. The zero-order valence-corrected chi connectivity index (χ0v) is 18.1. The van der Waals surface area contributed by atoms with E-state index in [2.05, 4.69) is 23.9 Å². The van der Waals surface area contributed by atoms with Gasteiger partial charge in [0, 0.05) is 37.8 Å². The molecule has 0 bridgehead atoms. The number of ether oxygens (including phenoxy) is 3. The van der Waals surface area contributed by atoms with Gasteiger partial charge in [-0.1, -0.05) is 5.16 Å². The van der Waals surface area contributed by atoms with Gasteiger partial charge in [-0.2, -0.15) is 0 Å². The Bertz CT molecular complexity index is 1120. The lowest BCUT2D eigenvalue weighted by Crippen LogP contribution is -2.44. The molecule has 2 aliphatic heterocycles. The van der Waals surface area contributed by atoms with Crippen LogP contribution in [0.4, 0.5) is 11.6 Å². The number of hydrogen-bond acceptors (Lipinski definition) is 9. The van der Waals surface area contributed by atoms with Crippen molar-refractivity contribution in [3.63, 3.8) is 0 Å². The summed E-state index contributed by atoms with van der Waals surface area (Å²) in [6, 6.07) is 5.92. The van der Waals surface area contributed by atoms with E-state index in [1.165, 1.54) is 0 Å². The third-order valence-corrected chi connectivity index (χ3v) is 6.20. The van der Waals surface area contributed by atoms with Crippen molar-refractivity contribution in [2.45, 2.75) is 38.5 Å². The van der Waals surface area contributed by atoms with E-state index in [-0.39, 0.29) is 6.04 Å². The molecular weight excluding hydrogens is 398 g/mol. The normalized spacial score (nSPS) is 23.5. The third-order valence-electron chi connectivity index (χ3n) is 6.20. The molecule has 31 heavy (non-hydrogen) atoms. The predicted molar refractivity (Wildman–Crippen MR) is 116 cm³/mol. The number of hydrogen-bond donors (Lipinski definition) is 1. The Kier molecular flexibility index (Phi) is 5.04. The van der Waals surface area contributed by atoms with E-state index in [9.17, 15) is 0 Å². The summed E-state index contributed by atoms with van der Waals surface area (Å²) in [6.07, 6.45) is 0.711. The highest BCUT2D eigenvalue weighted by molar-refractivity contribution is 5.90. The number of anilines is 2. The first-order valence-corrected chi connectivity index (χ1v) is 10.5. The molecule has 9 nitrogen and oxygen atoms in total. The van der Waals surface area contributed by atoms with Crippen molar-refractivity contribution in [2.75, 3.05) is 44.1 Å². The molecule has 0 saturated carbocycles. The number of aromatic nitrogens is 3. The Morgan fingerprint density at radius 2 is 2.19 bits per heavy atom. The monoisotopic (exact) mass is 425 g/mol. The van der Waals surface area contributed by atoms with Gasteiger partial charge < -0.3 is 29.4 Å². The van der Waals surface area contributed by atoms with Crippen LogP contribution in [-0.2, 0) is 26.4 Å². The molecule has 2 aromatic heterocycles. The van der Waals surface area contributed by atoms with Crippen molar-refractivity contribution >= 4 is 22.6 Å². The molecule has 164 valence electrons. The summed E-state index contributed by atoms with van der Waals surface area (Å²) >= 11 is 0. The molecule has 4 heterocycles. The minimum atomic E-state index is -0.534. The van der Waals surface area contributed by atoms with Crippen molar-refractivity contribution in [2.24, 2.45) is 0 Å². The molecule has 0 radical (unpaired) electrons. The number of methoxy groups -OCH3 is 1. The van der Waals surface area contributed by atoms with Crippen LogP contribution in [0.5, 0.6) is 0 Å². The van der Waals surface area contributed by atoms with Crippen LogP contribution in [0.1, 0.15) is 31.5 Å². The van der Waals surface area contributed by atoms with Gasteiger partial charge >= 0.3 is 0 Å². The smallest absolute Gasteiger partial charge is 0.174 e. The lowest BCUT2D eigenvalue weighted by molar-refractivity contribution is -0.0448. The van der Waals surface area contributed by atoms with Gasteiger partial charge in [0.25, 0.3) is 0 Å². The SMILES string of the molecule is COCC[C@@]1(C)OCc2c(N3CCOC[C@@H]3C)nc(-c3ccc4onc(N)c4c3)nc21. The molecule has 0 unspecified atom stereocenters. The van der Waals surface area contributed by atoms with Gasteiger partial charge in [0.15, 0.2) is 17.2 Å². The number of nitrogen functional groups attached to an aromatic ring is 1. The molecule has 5 rings (SSSR count). The molecule has 0 aliphatic carbocycles. The Balaban J connectivity index is 1.67. The standard InChI is InChI=1S/C22H27N5O4/c1-13-11-29-9-7-27(13)21-16-12-30-22(2,6-8-28-3)18(16)24-20(25-21)14-4-5-17-15(10-14)19(23)26-31-17/h4-5,10,13H,6-9,11-12H2,1-3H3,(H2,23,26)/t13-,22+/m0/s1. The van der Waals surface area contributed by atoms with Gasteiger partial charge in [0.05, 0.1) is 36.9 Å². The van der Waals surface area contributed by atoms with E-state index >= 15 is 0 Å². The average molecular weight is 425 g/mol. The van der Waals surface area contributed by atoms with E-state index in [1.54, 1.807) is 7.11 Å². The van der Waals surface area contributed by atoms with Crippen LogP contribution in [-0.4, -0.2) is 54.6 Å². The molecule has 2 N–H and O–H groups in total. The van der Waals surface area contributed by atoms with Gasteiger partial charge in [-0.25, -0.2) is 9.97 Å². The Morgan fingerprint density at radius 3 is 3.00 bits per heavy atom. The minimum Gasteiger partial charge on any atom is -0.385 e. The van der Waals surface area contributed by atoms with Gasteiger partial charge in [0.1, 0.15) is 11.4 Å². The van der Waals surface area contributed by atoms with Crippen LogP contribution in [0.3, 0.4) is 0 Å². The Labute approximate surface area is 180 Å². The molecule has 1 aromatic carbocycles. The van der Waals surface area contributed by atoms with Crippen molar-refractivity contribution in [3.05, 3.63) is 29.5 Å². The van der Waals surface area contributed by atoms with Crippen LogP contribution in [0, 0.1) is 0 Å². The number of fused-ring (bicyclic) bond motifs is 2. The van der Waals surface area contributed by atoms with E-state index in [1.807, 2.05) is 18.2 Å². The maximum atomic E-state index is 6.26. The summed E-state index contributed by atoms with van der Waals surface area (Å²) in [5.74, 6) is 1.90. The Hall–Kier alpha value is -2.75. The minimum absolute atomic E-state index is 0.211. The fourth-order valence-electron chi connectivity index (χ4n) is 4.33. The second-order valence-electron chi connectivity index (χ2n) is 8.36. The molecule has 0 amide bonds. The lowest BCUT2D eigenvalue weighted by Gasteiger charge is -2.35. The summed E-state index contributed by atoms with van der Waals surface area (Å²) in [4.78, 5) is 12.3. The second kappa shape index (κ2) is 7.74. The van der Waals surface area contributed by atoms with Crippen LogP contribution in [0.2, 0.25) is 0 Å². The topological polar surface area (TPSA) is 109 Å². The summed E-state index contributed by atoms with van der Waals surface area (Å²) in [5.41, 5.74) is 8.89. The predicted octanol–water partition coefficient (Wildman–Crippen LogP) is 2.87. The van der Waals surface area contributed by atoms with Gasteiger partial charge in [0.2, 0.25) is 0 Å². The molecule has 2 aliphatic rings. The van der Waals surface area contributed by atoms with Gasteiger partial charge in [-0.05, 0) is 32.0 Å². The molecule has 1 fully saturated rings. The quantitative estimate of drug-likeness (QED) is 0.660. The molecular formula is C22H27N5O4. The van der Waals surface area contributed by atoms with Crippen molar-refractivity contribution in [3.8, 4) is 11.4 Å². The number of nitrogens with two attached hydrogens (primary N) is 1. The summed E-state index contributed by atoms with van der Waals surface area (Å²) in [6.45, 7) is 7.40. The number of morpholine rings is 1. The van der Waals surface area contributed by atoms with E-state index in [0.29, 0.717) is 50.1 Å². The summed E-state index contributed by atoms with van der Waals surface area (Å²) in [5, 5.41) is 4.60. The van der Waals surface area contributed by atoms with Crippen LogP contribution < -0.4 is 10.6 Å². The van der Waals surface area contributed by atoms with Gasteiger partial charge in [-0.3, -0.25) is 0 Å². The van der Waals surface area contributed by atoms with Crippen LogP contribution >= 0.6 is 0 Å². The molecule has 1 saturated heterocycles. The largest absolute Gasteiger partial charge is 0.385 e. The number of nitrogens with zero attached hydrogens (tertiary/aromatic N) is 4. The highest BCUT2D eigenvalue weighted by Crippen LogP contribution is 2.43. The first-order chi connectivity index (χ1) is 15.0. The fourth-order valence-corrected chi connectivity index (χ4v) is 4.33. The van der Waals surface area contributed by atoms with Crippen LogP contribution in [0.15, 0.2) is 22.7 Å². The first kappa shape index (κ1) is 20.2. The molecule has 2 atom stereocenters. The zero-order chi connectivity index (χ0) is 21.6. The van der Waals surface area contributed by atoms with Crippen molar-refractivity contribution in [1.82, 2.24) is 15.1 Å². The number of benzene rings is 1. The van der Waals surface area contributed by atoms with Crippen LogP contribution in [0.25, 0.3) is 22.4 Å². The molecule has 9 heteroatoms. The van der Waals surface area contributed by atoms with Crippen molar-refractivity contribution in [1.29, 1.82) is 0 Å². The van der Waals surface area contributed by atoms with Gasteiger partial charge in [-0.15, -0.1) is 0 Å². The number of rotatable bonds is 5. The summed E-state index contributed by atoms with van der Waals surface area (Å²) in [7, 11) is 1.70. The molecule has 3 aromatic rings. The highest BCUT2D eigenvalue weighted by atomic mass is 16.5. The molecule has 0 spiro atoms. The maximum Gasteiger partial charge on any atom is 0.174 e. The van der Waals surface area contributed by atoms with Crippen molar-refractivity contribution < 1.29 is 18.7 Å². The maximum absolute atomic E-state index is 6.26. The zero-order valence-electron chi connectivity index (χ0n) is 18.1. The average Bonchev–Trinajstić information content (AvgIpc) is 3.32. The second-order valence-corrected chi connectivity index (χ2v) is 8.36.